The van der Waals surface area contributed by atoms with Crippen molar-refractivity contribution >= 4 is 11.8 Å². The highest BCUT2D eigenvalue weighted by Crippen LogP contribution is 2.11. The number of hydrogen-bond acceptors (Lipinski definition) is 1. The van der Waals surface area contributed by atoms with E-state index in [1.807, 2.05) is 23.6 Å². The molecule has 0 aromatic rings. The second-order valence-electron chi connectivity index (χ2n) is 0.923. The van der Waals surface area contributed by atoms with Gasteiger partial charge in [0.15, 0.2) is 0 Å². The van der Waals surface area contributed by atoms with Crippen LogP contribution >= 0.6 is 11.8 Å². The predicted octanol–water partition coefficient (Wildman–Crippen LogP) is 1.84. The molecule has 0 unspecified atom stereocenters. The van der Waals surface area contributed by atoms with E-state index in [0.717, 1.165) is 0 Å². The lowest BCUT2D eigenvalue weighted by molar-refractivity contribution is 1.91. The van der Waals surface area contributed by atoms with Gasteiger partial charge in [-0.25, -0.2) is 0 Å². The summed E-state index contributed by atoms with van der Waals surface area (Å²) in [7, 11) is 0. The van der Waals surface area contributed by atoms with E-state index >= 15 is 0 Å². The van der Waals surface area contributed by atoms with Crippen molar-refractivity contribution in [3.05, 3.63) is 29.4 Å². The van der Waals surface area contributed by atoms with Gasteiger partial charge in [-0.05, 0) is 5.41 Å². The Balaban J connectivity index is 2.46. The first-order valence-corrected chi connectivity index (χ1v) is 2.61. The van der Waals surface area contributed by atoms with E-state index in [4.69, 9.17) is 0 Å². The molecule has 1 rings (SSSR count). The van der Waals surface area contributed by atoms with Crippen molar-refractivity contribution in [2.75, 3.05) is 0 Å². The van der Waals surface area contributed by atoms with Gasteiger partial charge in [0.2, 0.25) is 0 Å². The number of hydrogen-bond donors (Lipinski definition) is 0. The van der Waals surface area contributed by atoms with Crippen LogP contribution in [0.15, 0.2) is 23.6 Å². The molecule has 0 nitrogen and oxygen atoms in total. The molecule has 2 radical (unpaired) electrons. The summed E-state index contributed by atoms with van der Waals surface area (Å²) in [4.78, 5) is 0. The van der Waals surface area contributed by atoms with Crippen LogP contribution in [0.3, 0.4) is 0 Å². The molecular formula is C5H4S. The molecule has 0 atom stereocenters. The molecule has 0 fully saturated rings. The zero-order valence-corrected chi connectivity index (χ0v) is 4.03. The highest BCUT2D eigenvalue weighted by molar-refractivity contribution is 8.04. The first-order chi connectivity index (χ1) is 3.00. The molecule has 0 aromatic carbocycles. The summed E-state index contributed by atoms with van der Waals surface area (Å²) < 4.78 is 0. The summed E-state index contributed by atoms with van der Waals surface area (Å²) >= 11 is 1.58. The van der Waals surface area contributed by atoms with E-state index in [0.29, 0.717) is 0 Å². The van der Waals surface area contributed by atoms with Crippen LogP contribution in [0.25, 0.3) is 0 Å². The number of rotatable bonds is 0. The molecule has 0 aromatic heterocycles. The fourth-order valence-electron chi connectivity index (χ4n) is 0.258. The Labute approximate surface area is 41.9 Å². The Kier molecular flexibility index (Phi) is 1.39. The van der Waals surface area contributed by atoms with Crippen molar-refractivity contribution < 1.29 is 0 Å². The first-order valence-electron chi connectivity index (χ1n) is 1.73. The lowest BCUT2D eigenvalue weighted by Gasteiger charge is -1.86. The average Bonchev–Trinajstić information content (AvgIpc) is 1.72. The van der Waals surface area contributed by atoms with Gasteiger partial charge in [-0.2, -0.15) is 0 Å². The minimum absolute atomic E-state index is 1.58. The molecule has 0 N–H and O–H groups in total. The summed E-state index contributed by atoms with van der Waals surface area (Å²) in [5.74, 6) is 2.93. The summed E-state index contributed by atoms with van der Waals surface area (Å²) in [5.41, 5.74) is 0. The van der Waals surface area contributed by atoms with Crippen LogP contribution in [0.4, 0.5) is 0 Å². The van der Waals surface area contributed by atoms with Gasteiger partial charge in [-0.1, -0.05) is 18.2 Å². The Morgan fingerprint density at radius 1 is 1.33 bits per heavy atom. The van der Waals surface area contributed by atoms with Crippen LogP contribution in [0.5, 0.6) is 0 Å². The molecule has 0 saturated heterocycles. The second-order valence-corrected chi connectivity index (χ2v) is 1.67. The first kappa shape index (κ1) is 4.00. The molecule has 6 heavy (non-hydrogen) atoms. The SMILES string of the molecule is [C]1C=CC=CS1. The van der Waals surface area contributed by atoms with Gasteiger partial charge in [-0.15, -0.1) is 11.8 Å². The third-order valence-electron chi connectivity index (χ3n) is 0.490. The molecule has 30 valence electrons. The fourth-order valence-corrected chi connectivity index (χ4v) is 0.663. The predicted molar refractivity (Wildman–Crippen MR) is 29.1 cm³/mol. The maximum absolute atomic E-state index is 2.93. The third kappa shape index (κ3) is 0.902. The largest absolute Gasteiger partial charge is 0.119 e. The van der Waals surface area contributed by atoms with Crippen molar-refractivity contribution in [2.45, 2.75) is 0 Å². The second kappa shape index (κ2) is 2.08. The minimum atomic E-state index is 1.58. The molecule has 0 amide bonds. The highest BCUT2D eigenvalue weighted by atomic mass is 32.2. The molecule has 0 bridgehead atoms. The molecule has 1 heteroatoms. The van der Waals surface area contributed by atoms with Crippen molar-refractivity contribution in [2.24, 2.45) is 0 Å². The van der Waals surface area contributed by atoms with E-state index < -0.39 is 0 Å². The Morgan fingerprint density at radius 2 is 2.33 bits per heavy atom. The lowest BCUT2D eigenvalue weighted by atomic mass is 10.5. The summed E-state index contributed by atoms with van der Waals surface area (Å²) in [6, 6.07) is 0. The van der Waals surface area contributed by atoms with Crippen LogP contribution in [0, 0.1) is 5.75 Å². The zero-order chi connectivity index (χ0) is 4.24. The van der Waals surface area contributed by atoms with Crippen LogP contribution < -0.4 is 0 Å². The number of allylic oxidation sites excluding steroid dienone is 2. The molecule has 1 aliphatic heterocycles. The highest BCUT2D eigenvalue weighted by Gasteiger charge is 1.79. The van der Waals surface area contributed by atoms with Crippen LogP contribution in [0.1, 0.15) is 0 Å². The zero-order valence-electron chi connectivity index (χ0n) is 3.22. The van der Waals surface area contributed by atoms with E-state index in [9.17, 15) is 0 Å². The van der Waals surface area contributed by atoms with Crippen molar-refractivity contribution in [3.63, 3.8) is 0 Å². The maximum Gasteiger partial charge on any atom is 0.0788 e. The smallest absolute Gasteiger partial charge is 0.0788 e. The normalized spacial score (nSPS) is 18.7. The van der Waals surface area contributed by atoms with Gasteiger partial charge in [-0.3, -0.25) is 0 Å². The van der Waals surface area contributed by atoms with E-state index in [1.54, 1.807) is 11.8 Å². The Bertz CT molecular complexity index is 69.9. The van der Waals surface area contributed by atoms with Crippen molar-refractivity contribution in [3.8, 4) is 0 Å². The molecular weight excluding hydrogens is 92.1 g/mol. The van der Waals surface area contributed by atoms with Crippen molar-refractivity contribution in [1.82, 2.24) is 0 Å². The van der Waals surface area contributed by atoms with Gasteiger partial charge in [0.05, 0.1) is 5.75 Å². The summed E-state index contributed by atoms with van der Waals surface area (Å²) in [5, 5.41) is 1.99. The fraction of sp³-hybridized carbons (Fsp3) is 0. The lowest BCUT2D eigenvalue weighted by Crippen LogP contribution is -1.59. The van der Waals surface area contributed by atoms with Crippen LogP contribution in [-0.2, 0) is 0 Å². The van der Waals surface area contributed by atoms with Gasteiger partial charge in [0.25, 0.3) is 0 Å². The van der Waals surface area contributed by atoms with Gasteiger partial charge in [0.1, 0.15) is 0 Å². The summed E-state index contributed by atoms with van der Waals surface area (Å²) in [6.07, 6.45) is 5.84. The van der Waals surface area contributed by atoms with Gasteiger partial charge in [0, 0.05) is 0 Å². The van der Waals surface area contributed by atoms with Crippen LogP contribution in [-0.4, -0.2) is 0 Å². The van der Waals surface area contributed by atoms with Crippen LogP contribution in [0.2, 0.25) is 0 Å². The minimum Gasteiger partial charge on any atom is -0.119 e. The average molecular weight is 96.2 g/mol. The van der Waals surface area contributed by atoms with Crippen molar-refractivity contribution in [1.29, 1.82) is 0 Å². The monoisotopic (exact) mass is 96.0 g/mol. The molecule has 0 aliphatic carbocycles. The topological polar surface area (TPSA) is 0 Å². The quantitative estimate of drug-likeness (QED) is 0.443. The molecule has 1 heterocycles. The van der Waals surface area contributed by atoms with E-state index in [2.05, 4.69) is 5.75 Å². The standard InChI is InChI=1S/C5H4S/c1-2-4-6-5-3-1/h1-4H. The maximum atomic E-state index is 2.93. The summed E-state index contributed by atoms with van der Waals surface area (Å²) in [6.45, 7) is 0. The van der Waals surface area contributed by atoms with E-state index in [1.165, 1.54) is 0 Å². The molecule has 1 aliphatic rings. The Hall–Kier alpha value is -0.170. The van der Waals surface area contributed by atoms with E-state index in [-0.39, 0.29) is 0 Å². The third-order valence-corrected chi connectivity index (χ3v) is 1.06. The molecule has 0 spiro atoms. The Morgan fingerprint density at radius 3 is 2.50 bits per heavy atom. The van der Waals surface area contributed by atoms with Gasteiger partial charge < -0.3 is 0 Å². The molecule has 0 saturated carbocycles. The number of thioether (sulfide) groups is 1. The van der Waals surface area contributed by atoms with Gasteiger partial charge >= 0.3 is 0 Å².